The summed E-state index contributed by atoms with van der Waals surface area (Å²) in [6.07, 6.45) is 0. The van der Waals surface area contributed by atoms with Crippen molar-refractivity contribution in [2.75, 3.05) is 0 Å². The minimum Gasteiger partial charge on any atom is -0.368 e. The summed E-state index contributed by atoms with van der Waals surface area (Å²) in [5, 5.41) is 11.1. The minimum absolute atomic E-state index is 0.350. The van der Waals surface area contributed by atoms with E-state index in [1.54, 1.807) is 24.3 Å². The lowest BCUT2D eigenvalue weighted by atomic mass is 10.1. The molecule has 2 N–H and O–H groups in total. The van der Waals surface area contributed by atoms with Gasteiger partial charge in [-0.05, 0) is 34.2 Å². The van der Waals surface area contributed by atoms with Crippen molar-refractivity contribution in [3.8, 4) is 5.69 Å². The molecular formula is C15H12FN5OS. The van der Waals surface area contributed by atoms with E-state index < -0.39 is 17.0 Å². The summed E-state index contributed by atoms with van der Waals surface area (Å²) < 4.78 is 14.8. The quantitative estimate of drug-likeness (QED) is 0.725. The van der Waals surface area contributed by atoms with Gasteiger partial charge in [0.15, 0.2) is 0 Å². The Hall–Kier alpha value is -2.74. The maximum absolute atomic E-state index is 13.4. The van der Waals surface area contributed by atoms with Crippen molar-refractivity contribution >= 4 is 17.7 Å². The van der Waals surface area contributed by atoms with Gasteiger partial charge in [0.2, 0.25) is 11.1 Å². The third-order valence-corrected chi connectivity index (χ3v) is 4.28. The highest BCUT2D eigenvalue weighted by Crippen LogP contribution is 2.34. The summed E-state index contributed by atoms with van der Waals surface area (Å²) in [5.41, 5.74) is 6.72. The van der Waals surface area contributed by atoms with E-state index in [9.17, 15) is 9.18 Å². The van der Waals surface area contributed by atoms with Gasteiger partial charge in [0, 0.05) is 0 Å². The highest BCUT2D eigenvalue weighted by atomic mass is 32.2. The van der Waals surface area contributed by atoms with Crippen LogP contribution in [0.5, 0.6) is 0 Å². The van der Waals surface area contributed by atoms with Crippen molar-refractivity contribution in [1.29, 1.82) is 0 Å². The lowest BCUT2D eigenvalue weighted by molar-refractivity contribution is -0.117. The predicted octanol–water partition coefficient (Wildman–Crippen LogP) is 2.12. The molecule has 0 aliphatic rings. The van der Waals surface area contributed by atoms with E-state index in [0.29, 0.717) is 10.8 Å². The Morgan fingerprint density at radius 1 is 1.17 bits per heavy atom. The average Bonchev–Trinajstić information content (AvgIpc) is 3.01. The number of carbonyl (C=O) groups is 1. The van der Waals surface area contributed by atoms with Crippen LogP contribution in [0.25, 0.3) is 5.69 Å². The fraction of sp³-hybridized carbons (Fsp3) is 0.0667. The van der Waals surface area contributed by atoms with Crippen molar-refractivity contribution in [3.05, 3.63) is 66.0 Å². The van der Waals surface area contributed by atoms with Crippen molar-refractivity contribution in [2.45, 2.75) is 10.4 Å². The molecule has 1 atom stereocenters. The molecule has 2 aromatic carbocycles. The number of nitrogens with two attached hydrogens (primary N) is 1. The lowest BCUT2D eigenvalue weighted by Gasteiger charge is -2.12. The van der Waals surface area contributed by atoms with E-state index in [4.69, 9.17) is 5.73 Å². The second-order valence-corrected chi connectivity index (χ2v) is 5.74. The molecule has 0 spiro atoms. The van der Waals surface area contributed by atoms with Gasteiger partial charge in [-0.15, -0.1) is 5.10 Å². The maximum Gasteiger partial charge on any atom is 0.235 e. The largest absolute Gasteiger partial charge is 0.368 e. The first-order valence-corrected chi connectivity index (χ1v) is 7.58. The Bertz CT molecular complexity index is 823. The normalized spacial score (nSPS) is 12.0. The van der Waals surface area contributed by atoms with E-state index in [2.05, 4.69) is 15.5 Å². The number of rotatable bonds is 5. The molecule has 1 unspecified atom stereocenters. The van der Waals surface area contributed by atoms with Gasteiger partial charge >= 0.3 is 0 Å². The van der Waals surface area contributed by atoms with Crippen LogP contribution in [0.1, 0.15) is 10.8 Å². The van der Waals surface area contributed by atoms with Crippen LogP contribution in [0.3, 0.4) is 0 Å². The first-order valence-electron chi connectivity index (χ1n) is 6.70. The second-order valence-electron chi connectivity index (χ2n) is 4.66. The Balaban J connectivity index is 1.94. The molecule has 8 heteroatoms. The zero-order valence-electron chi connectivity index (χ0n) is 11.8. The molecule has 0 radical (unpaired) electrons. The van der Waals surface area contributed by atoms with Crippen LogP contribution in [-0.4, -0.2) is 26.1 Å². The van der Waals surface area contributed by atoms with Gasteiger partial charge < -0.3 is 5.73 Å². The molecule has 116 valence electrons. The van der Waals surface area contributed by atoms with E-state index in [1.807, 2.05) is 18.2 Å². The third kappa shape index (κ3) is 3.37. The van der Waals surface area contributed by atoms with E-state index in [-0.39, 0.29) is 0 Å². The first-order chi connectivity index (χ1) is 11.1. The number of benzene rings is 2. The van der Waals surface area contributed by atoms with Gasteiger partial charge in [-0.3, -0.25) is 4.79 Å². The standard InChI is InChI=1S/C15H12FN5OS/c16-11-7-4-8-12(9-11)21-15(18-19-20-21)23-13(14(17)22)10-5-2-1-3-6-10/h1-9,13H,(H2,17,22). The SMILES string of the molecule is NC(=O)C(Sc1nnnn1-c1cccc(F)c1)c1ccccc1. The average molecular weight is 329 g/mol. The summed E-state index contributed by atoms with van der Waals surface area (Å²) in [4.78, 5) is 11.8. The van der Waals surface area contributed by atoms with Crippen LogP contribution in [0.15, 0.2) is 59.8 Å². The number of thioether (sulfide) groups is 1. The molecule has 3 rings (SSSR count). The highest BCUT2D eigenvalue weighted by Gasteiger charge is 2.23. The van der Waals surface area contributed by atoms with Crippen LogP contribution in [0.2, 0.25) is 0 Å². The number of tetrazole rings is 1. The van der Waals surface area contributed by atoms with Gasteiger partial charge in [-0.25, -0.2) is 4.39 Å². The molecule has 6 nitrogen and oxygen atoms in total. The van der Waals surface area contributed by atoms with Gasteiger partial charge in [0.25, 0.3) is 0 Å². The molecule has 23 heavy (non-hydrogen) atoms. The van der Waals surface area contributed by atoms with Crippen molar-refractivity contribution < 1.29 is 9.18 Å². The van der Waals surface area contributed by atoms with Crippen LogP contribution in [0.4, 0.5) is 4.39 Å². The molecule has 0 aliphatic carbocycles. The van der Waals surface area contributed by atoms with Crippen LogP contribution >= 0.6 is 11.8 Å². The van der Waals surface area contributed by atoms with Crippen LogP contribution < -0.4 is 5.73 Å². The summed E-state index contributed by atoms with van der Waals surface area (Å²) >= 11 is 1.11. The summed E-state index contributed by atoms with van der Waals surface area (Å²) in [7, 11) is 0. The molecule has 0 saturated carbocycles. The fourth-order valence-corrected chi connectivity index (χ4v) is 2.99. The Kier molecular flexibility index (Phi) is 4.33. The van der Waals surface area contributed by atoms with Gasteiger partial charge in [0.05, 0.1) is 5.69 Å². The summed E-state index contributed by atoms with van der Waals surface area (Å²) in [6, 6.07) is 15.0. The Morgan fingerprint density at radius 3 is 2.65 bits per heavy atom. The Labute approximate surface area is 135 Å². The predicted molar refractivity (Wildman–Crippen MR) is 83.3 cm³/mol. The number of amides is 1. The lowest BCUT2D eigenvalue weighted by Crippen LogP contribution is -2.19. The van der Waals surface area contributed by atoms with Crippen LogP contribution in [-0.2, 0) is 4.79 Å². The highest BCUT2D eigenvalue weighted by molar-refractivity contribution is 8.00. The van der Waals surface area contributed by atoms with Crippen molar-refractivity contribution in [1.82, 2.24) is 20.2 Å². The van der Waals surface area contributed by atoms with E-state index in [1.165, 1.54) is 16.8 Å². The fourth-order valence-electron chi connectivity index (χ4n) is 2.05. The van der Waals surface area contributed by atoms with E-state index in [0.717, 1.165) is 17.3 Å². The molecule has 1 heterocycles. The number of nitrogens with zero attached hydrogens (tertiary/aromatic N) is 4. The van der Waals surface area contributed by atoms with Gasteiger partial charge in [-0.1, -0.05) is 48.2 Å². The second kappa shape index (κ2) is 6.57. The van der Waals surface area contributed by atoms with E-state index >= 15 is 0 Å². The smallest absolute Gasteiger partial charge is 0.235 e. The minimum atomic E-state index is -0.644. The number of carbonyl (C=O) groups excluding carboxylic acids is 1. The number of halogens is 1. The molecule has 1 aromatic heterocycles. The maximum atomic E-state index is 13.4. The van der Waals surface area contributed by atoms with Gasteiger partial charge in [-0.2, -0.15) is 4.68 Å². The molecule has 1 amide bonds. The van der Waals surface area contributed by atoms with Gasteiger partial charge in [0.1, 0.15) is 11.1 Å². The molecule has 0 bridgehead atoms. The number of hydrogen-bond acceptors (Lipinski definition) is 5. The van der Waals surface area contributed by atoms with Crippen molar-refractivity contribution in [3.63, 3.8) is 0 Å². The number of primary amides is 1. The van der Waals surface area contributed by atoms with Crippen molar-refractivity contribution in [2.24, 2.45) is 5.73 Å². The zero-order valence-corrected chi connectivity index (χ0v) is 12.7. The molecule has 0 aliphatic heterocycles. The monoisotopic (exact) mass is 329 g/mol. The summed E-state index contributed by atoms with van der Waals surface area (Å²) in [5.74, 6) is -0.904. The third-order valence-electron chi connectivity index (χ3n) is 3.08. The molecule has 0 fully saturated rings. The molecule has 3 aromatic rings. The first kappa shape index (κ1) is 15.2. The Morgan fingerprint density at radius 2 is 1.96 bits per heavy atom. The number of hydrogen-bond donors (Lipinski definition) is 1. The molecular weight excluding hydrogens is 317 g/mol. The topological polar surface area (TPSA) is 86.7 Å². The summed E-state index contributed by atoms with van der Waals surface area (Å²) in [6.45, 7) is 0. The molecule has 0 saturated heterocycles. The zero-order chi connectivity index (χ0) is 16.2. The van der Waals surface area contributed by atoms with Crippen LogP contribution in [0, 0.1) is 5.82 Å². The number of aromatic nitrogens is 4.